The number of alkyl halides is 1. The second-order valence-corrected chi connectivity index (χ2v) is 5.44. The largest absolute Gasteiger partial charge is 0.328 e. The number of fused-ring (bicyclic) bond motifs is 1. The van der Waals surface area contributed by atoms with Gasteiger partial charge in [0.15, 0.2) is 0 Å². The van der Waals surface area contributed by atoms with Crippen LogP contribution in [0.3, 0.4) is 0 Å². The molecule has 0 fully saturated rings. The first kappa shape index (κ1) is 13.6. The van der Waals surface area contributed by atoms with E-state index >= 15 is 0 Å². The Bertz CT molecular complexity index is 504. The molecule has 2 nitrogen and oxygen atoms in total. The third-order valence-electron chi connectivity index (χ3n) is 3.41. The van der Waals surface area contributed by atoms with Gasteiger partial charge in [-0.15, -0.1) is 0 Å². The topological polar surface area (TPSA) is 17.8 Å². The molecule has 1 atom stereocenters. The Morgan fingerprint density at radius 2 is 2.06 bits per heavy atom. The van der Waals surface area contributed by atoms with Gasteiger partial charge in [-0.05, 0) is 24.5 Å². The monoisotopic (exact) mass is 308 g/mol. The fraction of sp³-hybridized carbons (Fsp3) is 0.533. The van der Waals surface area contributed by atoms with Crippen LogP contribution in [0.2, 0.25) is 0 Å². The number of hydrogen-bond donors (Lipinski definition) is 0. The zero-order valence-corrected chi connectivity index (χ0v) is 12.8. The molecule has 0 bridgehead atoms. The molecule has 0 spiro atoms. The highest BCUT2D eigenvalue weighted by atomic mass is 79.9. The first-order valence-electron chi connectivity index (χ1n) is 6.80. The highest BCUT2D eigenvalue weighted by molar-refractivity contribution is 9.09. The Morgan fingerprint density at radius 1 is 1.28 bits per heavy atom. The maximum absolute atomic E-state index is 4.73. The van der Waals surface area contributed by atoms with Crippen LogP contribution in [0.5, 0.6) is 0 Å². The van der Waals surface area contributed by atoms with Crippen molar-refractivity contribution in [1.82, 2.24) is 9.55 Å². The van der Waals surface area contributed by atoms with Crippen LogP contribution in [0.1, 0.15) is 32.5 Å². The Balaban J connectivity index is 2.35. The number of aromatic nitrogens is 2. The second-order valence-electron chi connectivity index (χ2n) is 4.79. The SMILES string of the molecule is CCCC(CBr)Cn1c(CC)nc2ccccc21. The minimum Gasteiger partial charge on any atom is -0.328 e. The van der Waals surface area contributed by atoms with Crippen molar-refractivity contribution in [2.24, 2.45) is 5.92 Å². The summed E-state index contributed by atoms with van der Waals surface area (Å²) in [4.78, 5) is 4.73. The molecule has 0 aliphatic heterocycles. The van der Waals surface area contributed by atoms with Crippen molar-refractivity contribution in [3.05, 3.63) is 30.1 Å². The highest BCUT2D eigenvalue weighted by Gasteiger charge is 2.13. The number of halogens is 1. The molecule has 0 amide bonds. The zero-order chi connectivity index (χ0) is 13.0. The maximum Gasteiger partial charge on any atom is 0.109 e. The molecule has 18 heavy (non-hydrogen) atoms. The number of imidazole rings is 1. The van der Waals surface area contributed by atoms with Gasteiger partial charge < -0.3 is 4.57 Å². The van der Waals surface area contributed by atoms with Crippen LogP contribution in [-0.2, 0) is 13.0 Å². The quantitative estimate of drug-likeness (QED) is 0.723. The number of rotatable bonds is 6. The first-order valence-corrected chi connectivity index (χ1v) is 7.92. The highest BCUT2D eigenvalue weighted by Crippen LogP contribution is 2.20. The van der Waals surface area contributed by atoms with Crippen molar-refractivity contribution in [2.45, 2.75) is 39.7 Å². The van der Waals surface area contributed by atoms with Gasteiger partial charge >= 0.3 is 0 Å². The maximum atomic E-state index is 4.73. The lowest BCUT2D eigenvalue weighted by Crippen LogP contribution is -2.14. The zero-order valence-electron chi connectivity index (χ0n) is 11.2. The summed E-state index contributed by atoms with van der Waals surface area (Å²) >= 11 is 3.64. The molecule has 2 rings (SSSR count). The molecule has 0 saturated heterocycles. The molecule has 1 heterocycles. The van der Waals surface area contributed by atoms with Gasteiger partial charge in [-0.3, -0.25) is 0 Å². The smallest absolute Gasteiger partial charge is 0.109 e. The van der Waals surface area contributed by atoms with E-state index in [-0.39, 0.29) is 0 Å². The van der Waals surface area contributed by atoms with Gasteiger partial charge in [0.2, 0.25) is 0 Å². The molecule has 0 saturated carbocycles. The van der Waals surface area contributed by atoms with E-state index in [1.807, 2.05) is 0 Å². The van der Waals surface area contributed by atoms with Gasteiger partial charge in [0, 0.05) is 18.3 Å². The van der Waals surface area contributed by atoms with E-state index < -0.39 is 0 Å². The van der Waals surface area contributed by atoms with E-state index in [0.29, 0.717) is 5.92 Å². The van der Waals surface area contributed by atoms with E-state index in [2.05, 4.69) is 58.6 Å². The third-order valence-corrected chi connectivity index (χ3v) is 4.32. The summed E-state index contributed by atoms with van der Waals surface area (Å²) in [6, 6.07) is 8.45. The van der Waals surface area contributed by atoms with E-state index in [1.54, 1.807) is 0 Å². The van der Waals surface area contributed by atoms with Gasteiger partial charge in [0.1, 0.15) is 5.82 Å². The molecular formula is C15H21BrN2. The van der Waals surface area contributed by atoms with Gasteiger partial charge in [-0.1, -0.05) is 48.3 Å². The van der Waals surface area contributed by atoms with Gasteiger partial charge in [-0.25, -0.2) is 4.98 Å². The lowest BCUT2D eigenvalue weighted by Gasteiger charge is -2.16. The summed E-state index contributed by atoms with van der Waals surface area (Å²) in [5.74, 6) is 1.90. The van der Waals surface area contributed by atoms with Gasteiger partial charge in [0.25, 0.3) is 0 Å². The average Bonchev–Trinajstić information content (AvgIpc) is 2.76. The molecule has 0 radical (unpaired) electrons. The van der Waals surface area contributed by atoms with Gasteiger partial charge in [-0.2, -0.15) is 0 Å². The number of benzene rings is 1. The van der Waals surface area contributed by atoms with Crippen molar-refractivity contribution in [3.8, 4) is 0 Å². The van der Waals surface area contributed by atoms with Crippen molar-refractivity contribution in [2.75, 3.05) is 5.33 Å². The van der Waals surface area contributed by atoms with E-state index in [9.17, 15) is 0 Å². The van der Waals surface area contributed by atoms with E-state index in [1.165, 1.54) is 24.2 Å². The van der Waals surface area contributed by atoms with Crippen molar-refractivity contribution >= 4 is 27.0 Å². The molecule has 1 unspecified atom stereocenters. The lowest BCUT2D eigenvalue weighted by atomic mass is 10.1. The van der Waals surface area contributed by atoms with Gasteiger partial charge in [0.05, 0.1) is 11.0 Å². The molecule has 1 aromatic heterocycles. The molecule has 98 valence electrons. The second kappa shape index (κ2) is 6.37. The number of para-hydroxylation sites is 2. The minimum atomic E-state index is 0.693. The van der Waals surface area contributed by atoms with Crippen LogP contribution in [0.15, 0.2) is 24.3 Å². The Kier molecular flexibility index (Phi) is 4.81. The molecule has 2 aromatic rings. The van der Waals surface area contributed by atoms with Crippen molar-refractivity contribution < 1.29 is 0 Å². The summed E-state index contributed by atoms with van der Waals surface area (Å²) < 4.78 is 2.40. The summed E-state index contributed by atoms with van der Waals surface area (Å²) in [7, 11) is 0. The van der Waals surface area contributed by atoms with Crippen LogP contribution in [0.4, 0.5) is 0 Å². The predicted molar refractivity (Wildman–Crippen MR) is 81.3 cm³/mol. The van der Waals surface area contributed by atoms with E-state index in [0.717, 1.165) is 23.8 Å². The fourth-order valence-corrected chi connectivity index (χ4v) is 3.01. The number of hydrogen-bond acceptors (Lipinski definition) is 1. The first-order chi connectivity index (χ1) is 8.80. The number of aryl methyl sites for hydroxylation is 1. The summed E-state index contributed by atoms with van der Waals surface area (Å²) in [6.07, 6.45) is 3.50. The average molecular weight is 309 g/mol. The van der Waals surface area contributed by atoms with Crippen LogP contribution in [-0.4, -0.2) is 14.9 Å². The standard InChI is InChI=1S/C15H21BrN2/c1-3-7-12(10-16)11-18-14-9-6-5-8-13(14)17-15(18)4-2/h5-6,8-9,12H,3-4,7,10-11H2,1-2H3. The van der Waals surface area contributed by atoms with Crippen LogP contribution >= 0.6 is 15.9 Å². The predicted octanol–water partition coefficient (Wildman–Crippen LogP) is 4.41. The van der Waals surface area contributed by atoms with Crippen LogP contribution in [0.25, 0.3) is 11.0 Å². The summed E-state index contributed by atoms with van der Waals surface area (Å²) in [5.41, 5.74) is 2.40. The van der Waals surface area contributed by atoms with Crippen LogP contribution in [0, 0.1) is 5.92 Å². The molecule has 0 aliphatic rings. The third kappa shape index (κ3) is 2.77. The molecule has 0 N–H and O–H groups in total. The molecule has 1 aromatic carbocycles. The molecular weight excluding hydrogens is 288 g/mol. The summed E-state index contributed by atoms with van der Waals surface area (Å²) in [5, 5.41) is 1.07. The Hall–Kier alpha value is -0.830. The Morgan fingerprint density at radius 3 is 2.72 bits per heavy atom. The van der Waals surface area contributed by atoms with E-state index in [4.69, 9.17) is 4.98 Å². The molecule has 3 heteroatoms. The Labute approximate surface area is 118 Å². The minimum absolute atomic E-state index is 0.693. The lowest BCUT2D eigenvalue weighted by molar-refractivity contribution is 0.453. The van der Waals surface area contributed by atoms with Crippen molar-refractivity contribution in [3.63, 3.8) is 0 Å². The summed E-state index contributed by atoms with van der Waals surface area (Å²) in [6.45, 7) is 5.51. The molecule has 0 aliphatic carbocycles. The normalized spacial score (nSPS) is 13.1. The fourth-order valence-electron chi connectivity index (χ4n) is 2.48. The number of nitrogens with zero attached hydrogens (tertiary/aromatic N) is 2. The van der Waals surface area contributed by atoms with Crippen molar-refractivity contribution in [1.29, 1.82) is 0 Å². The van der Waals surface area contributed by atoms with Crippen LogP contribution < -0.4 is 0 Å².